The average Bonchev–Trinajstić information content (AvgIpc) is 2.46. The molecule has 3 nitrogen and oxygen atoms in total. The monoisotopic (exact) mass is 310 g/mol. The van der Waals surface area contributed by atoms with Crippen LogP contribution in [0.5, 0.6) is 11.5 Å². The first-order valence-electron chi connectivity index (χ1n) is 6.44. The fraction of sp³-hybridized carbons (Fsp3) is 0.250. The highest BCUT2D eigenvalue weighted by Gasteiger charge is 2.11. The van der Waals surface area contributed by atoms with Gasteiger partial charge in [0, 0.05) is 10.6 Å². The van der Waals surface area contributed by atoms with Gasteiger partial charge in [0.05, 0.1) is 13.2 Å². The standard InChI is InChI=1S/C16H16ClFO3/c1-10(19)13-8-12(17)4-6-15(13)21-9-11-3-5-16(20-2)14(18)7-11/h3-8,10,19H,9H2,1-2H3/t10-/m1/s1. The van der Waals surface area contributed by atoms with E-state index in [9.17, 15) is 9.50 Å². The number of ether oxygens (including phenoxy) is 2. The number of methoxy groups -OCH3 is 1. The van der Waals surface area contributed by atoms with Crippen molar-refractivity contribution in [3.8, 4) is 11.5 Å². The van der Waals surface area contributed by atoms with E-state index in [1.165, 1.54) is 13.2 Å². The maximum absolute atomic E-state index is 13.6. The predicted molar refractivity (Wildman–Crippen MR) is 79.4 cm³/mol. The van der Waals surface area contributed by atoms with Crippen molar-refractivity contribution in [1.29, 1.82) is 0 Å². The van der Waals surface area contributed by atoms with E-state index in [2.05, 4.69) is 0 Å². The minimum Gasteiger partial charge on any atom is -0.494 e. The van der Waals surface area contributed by atoms with Gasteiger partial charge in [0.15, 0.2) is 11.6 Å². The molecular formula is C16H16ClFO3. The molecule has 0 aromatic heterocycles. The number of hydrogen-bond donors (Lipinski definition) is 1. The summed E-state index contributed by atoms with van der Waals surface area (Å²) in [6.45, 7) is 1.81. The zero-order valence-electron chi connectivity index (χ0n) is 11.8. The Morgan fingerprint density at radius 1 is 1.19 bits per heavy atom. The number of rotatable bonds is 5. The van der Waals surface area contributed by atoms with Crippen LogP contribution in [0, 0.1) is 5.82 Å². The highest BCUT2D eigenvalue weighted by atomic mass is 35.5. The van der Waals surface area contributed by atoms with E-state index in [0.717, 1.165) is 0 Å². The second-order valence-electron chi connectivity index (χ2n) is 4.62. The average molecular weight is 311 g/mol. The summed E-state index contributed by atoms with van der Waals surface area (Å²) in [6, 6.07) is 9.64. The molecular weight excluding hydrogens is 295 g/mol. The Morgan fingerprint density at radius 2 is 1.90 bits per heavy atom. The summed E-state index contributed by atoms with van der Waals surface area (Å²) in [5, 5.41) is 10.2. The Labute approximate surface area is 127 Å². The molecule has 112 valence electrons. The summed E-state index contributed by atoms with van der Waals surface area (Å²) in [6.07, 6.45) is -0.702. The second kappa shape index (κ2) is 6.78. The molecule has 0 aliphatic rings. The molecule has 1 atom stereocenters. The van der Waals surface area contributed by atoms with E-state index in [4.69, 9.17) is 21.1 Å². The third-order valence-corrected chi connectivity index (χ3v) is 3.27. The summed E-state index contributed by atoms with van der Waals surface area (Å²) in [4.78, 5) is 0. The van der Waals surface area contributed by atoms with Crippen LogP contribution in [-0.2, 0) is 6.61 Å². The molecule has 2 rings (SSSR count). The van der Waals surface area contributed by atoms with Crippen LogP contribution < -0.4 is 9.47 Å². The Kier molecular flexibility index (Phi) is 5.04. The highest BCUT2D eigenvalue weighted by Crippen LogP contribution is 2.29. The lowest BCUT2D eigenvalue weighted by Gasteiger charge is -2.14. The lowest BCUT2D eigenvalue weighted by Crippen LogP contribution is -2.01. The Hall–Kier alpha value is -1.78. The number of hydrogen-bond acceptors (Lipinski definition) is 3. The molecule has 0 fully saturated rings. The van der Waals surface area contributed by atoms with E-state index >= 15 is 0 Å². The zero-order chi connectivity index (χ0) is 15.4. The Bertz CT molecular complexity index is 629. The second-order valence-corrected chi connectivity index (χ2v) is 5.05. The maximum Gasteiger partial charge on any atom is 0.165 e. The van der Waals surface area contributed by atoms with Gasteiger partial charge in [-0.2, -0.15) is 0 Å². The van der Waals surface area contributed by atoms with E-state index in [1.807, 2.05) is 0 Å². The quantitative estimate of drug-likeness (QED) is 0.903. The SMILES string of the molecule is COc1ccc(COc2ccc(Cl)cc2[C@@H](C)O)cc1F. The molecule has 0 spiro atoms. The molecule has 0 bridgehead atoms. The van der Waals surface area contributed by atoms with Crippen LogP contribution in [0.25, 0.3) is 0 Å². The molecule has 21 heavy (non-hydrogen) atoms. The van der Waals surface area contributed by atoms with Crippen molar-refractivity contribution in [2.24, 2.45) is 0 Å². The van der Waals surface area contributed by atoms with Crippen LogP contribution in [-0.4, -0.2) is 12.2 Å². The topological polar surface area (TPSA) is 38.7 Å². The number of aliphatic hydroxyl groups excluding tert-OH is 1. The van der Waals surface area contributed by atoms with Gasteiger partial charge in [-0.25, -0.2) is 4.39 Å². The van der Waals surface area contributed by atoms with Crippen molar-refractivity contribution in [3.63, 3.8) is 0 Å². The van der Waals surface area contributed by atoms with E-state index in [0.29, 0.717) is 21.9 Å². The first-order valence-corrected chi connectivity index (χ1v) is 6.81. The van der Waals surface area contributed by atoms with E-state index in [-0.39, 0.29) is 12.4 Å². The molecule has 0 aliphatic carbocycles. The maximum atomic E-state index is 13.6. The molecule has 5 heteroatoms. The van der Waals surface area contributed by atoms with Crippen LogP contribution in [0.4, 0.5) is 4.39 Å². The fourth-order valence-electron chi connectivity index (χ4n) is 1.94. The van der Waals surface area contributed by atoms with Gasteiger partial charge in [-0.15, -0.1) is 0 Å². The van der Waals surface area contributed by atoms with Gasteiger partial charge in [0.25, 0.3) is 0 Å². The van der Waals surface area contributed by atoms with Gasteiger partial charge < -0.3 is 14.6 Å². The minimum atomic E-state index is -0.702. The molecule has 0 amide bonds. The molecule has 0 heterocycles. The normalized spacial score (nSPS) is 12.0. The zero-order valence-corrected chi connectivity index (χ0v) is 12.5. The molecule has 0 aliphatic heterocycles. The van der Waals surface area contributed by atoms with Crippen LogP contribution in [0.1, 0.15) is 24.2 Å². The molecule has 0 saturated carbocycles. The highest BCUT2D eigenvalue weighted by molar-refractivity contribution is 6.30. The van der Waals surface area contributed by atoms with Gasteiger partial charge in [-0.05, 0) is 42.8 Å². The molecule has 0 unspecified atom stereocenters. The summed E-state index contributed by atoms with van der Waals surface area (Å²) in [5.74, 6) is 0.269. The lowest BCUT2D eigenvalue weighted by molar-refractivity contribution is 0.190. The smallest absolute Gasteiger partial charge is 0.165 e. The lowest BCUT2D eigenvalue weighted by atomic mass is 10.1. The molecule has 1 N–H and O–H groups in total. The van der Waals surface area contributed by atoms with Gasteiger partial charge in [0.1, 0.15) is 12.4 Å². The number of benzene rings is 2. The minimum absolute atomic E-state index is 0.183. The molecule has 0 saturated heterocycles. The van der Waals surface area contributed by atoms with Crippen molar-refractivity contribution in [3.05, 3.63) is 58.4 Å². The van der Waals surface area contributed by atoms with Crippen LogP contribution in [0.2, 0.25) is 5.02 Å². The van der Waals surface area contributed by atoms with Crippen molar-refractivity contribution in [1.82, 2.24) is 0 Å². The molecule has 0 radical (unpaired) electrons. The summed E-state index contributed by atoms with van der Waals surface area (Å²) in [7, 11) is 1.41. The Morgan fingerprint density at radius 3 is 2.52 bits per heavy atom. The van der Waals surface area contributed by atoms with Crippen molar-refractivity contribution < 1.29 is 19.0 Å². The summed E-state index contributed by atoms with van der Waals surface area (Å²) < 4.78 is 24.1. The first kappa shape index (κ1) is 15.6. The summed E-state index contributed by atoms with van der Waals surface area (Å²) >= 11 is 5.90. The first-order chi connectivity index (χ1) is 10.0. The number of halogens is 2. The van der Waals surface area contributed by atoms with Crippen molar-refractivity contribution in [2.75, 3.05) is 7.11 Å². The van der Waals surface area contributed by atoms with Crippen LogP contribution in [0.15, 0.2) is 36.4 Å². The van der Waals surface area contributed by atoms with Gasteiger partial charge >= 0.3 is 0 Å². The molecule has 2 aromatic carbocycles. The van der Waals surface area contributed by atoms with Crippen LogP contribution >= 0.6 is 11.6 Å². The number of aliphatic hydroxyl groups is 1. The van der Waals surface area contributed by atoms with E-state index < -0.39 is 11.9 Å². The fourth-order valence-corrected chi connectivity index (χ4v) is 2.12. The predicted octanol–water partition coefficient (Wildman–Crippen LogP) is 4.12. The summed E-state index contributed by atoms with van der Waals surface area (Å²) in [5.41, 5.74) is 1.26. The van der Waals surface area contributed by atoms with Gasteiger partial charge in [-0.1, -0.05) is 17.7 Å². The van der Waals surface area contributed by atoms with Gasteiger partial charge in [0.2, 0.25) is 0 Å². The van der Waals surface area contributed by atoms with E-state index in [1.54, 1.807) is 37.3 Å². The third kappa shape index (κ3) is 3.86. The third-order valence-electron chi connectivity index (χ3n) is 3.03. The van der Waals surface area contributed by atoms with Crippen molar-refractivity contribution in [2.45, 2.75) is 19.6 Å². The Balaban J connectivity index is 2.15. The van der Waals surface area contributed by atoms with Crippen molar-refractivity contribution >= 4 is 11.6 Å². The van der Waals surface area contributed by atoms with Crippen LogP contribution in [0.3, 0.4) is 0 Å². The molecule has 2 aromatic rings. The largest absolute Gasteiger partial charge is 0.494 e. The van der Waals surface area contributed by atoms with Gasteiger partial charge in [-0.3, -0.25) is 0 Å².